The molecule has 0 unspecified atom stereocenters. The van der Waals surface area contributed by atoms with E-state index in [-0.39, 0.29) is 17.1 Å². The van der Waals surface area contributed by atoms with E-state index in [1.165, 1.54) is 18.2 Å². The highest BCUT2D eigenvalue weighted by atomic mass is 127. The van der Waals surface area contributed by atoms with Crippen molar-refractivity contribution in [2.75, 3.05) is 0 Å². The van der Waals surface area contributed by atoms with Gasteiger partial charge in [0.1, 0.15) is 5.69 Å². The summed E-state index contributed by atoms with van der Waals surface area (Å²) in [4.78, 5) is 21.3. The average molecular weight is 359 g/mol. The lowest BCUT2D eigenvalue weighted by molar-refractivity contribution is -0.384. The van der Waals surface area contributed by atoms with Crippen LogP contribution in [0, 0.1) is 13.7 Å². The molecule has 0 aliphatic rings. The highest BCUT2D eigenvalue weighted by Crippen LogP contribution is 2.28. The molecule has 0 saturated carbocycles. The number of nitrogens with zero attached hydrogens (tertiary/aromatic N) is 3. The van der Waals surface area contributed by atoms with Crippen molar-refractivity contribution in [1.29, 1.82) is 0 Å². The molecular formula is C9H6IN5O3. The Balaban J connectivity index is 2.55. The number of rotatable bonds is 3. The topological polar surface area (TPSA) is 128 Å². The molecule has 18 heavy (non-hydrogen) atoms. The number of non-ortho nitro benzene ring substituents is 1. The van der Waals surface area contributed by atoms with Crippen LogP contribution in [-0.2, 0) is 0 Å². The first-order valence-electron chi connectivity index (χ1n) is 4.65. The SMILES string of the molecule is NC(=O)c1n[nH]nc1-c1ccc([N+](=O)[O-])cc1I. The molecule has 9 heteroatoms. The molecule has 0 aliphatic carbocycles. The molecule has 0 spiro atoms. The Kier molecular flexibility index (Phi) is 3.23. The van der Waals surface area contributed by atoms with Crippen molar-refractivity contribution >= 4 is 34.2 Å². The van der Waals surface area contributed by atoms with E-state index in [4.69, 9.17) is 5.73 Å². The number of primary amides is 1. The number of aromatic nitrogens is 3. The first-order chi connectivity index (χ1) is 8.50. The fourth-order valence-electron chi connectivity index (χ4n) is 1.40. The number of H-pyrrole nitrogens is 1. The van der Waals surface area contributed by atoms with Gasteiger partial charge in [0.2, 0.25) is 0 Å². The van der Waals surface area contributed by atoms with Crippen molar-refractivity contribution in [3.8, 4) is 11.3 Å². The quantitative estimate of drug-likeness (QED) is 0.482. The van der Waals surface area contributed by atoms with Crippen LogP contribution < -0.4 is 5.73 Å². The first-order valence-corrected chi connectivity index (χ1v) is 5.73. The normalized spacial score (nSPS) is 10.3. The number of amides is 1. The van der Waals surface area contributed by atoms with Gasteiger partial charge in [0.15, 0.2) is 5.69 Å². The predicted molar refractivity (Wildman–Crippen MR) is 69.7 cm³/mol. The van der Waals surface area contributed by atoms with Crippen molar-refractivity contribution in [1.82, 2.24) is 15.4 Å². The van der Waals surface area contributed by atoms with Crippen LogP contribution >= 0.6 is 22.6 Å². The number of nitrogens with two attached hydrogens (primary N) is 1. The molecule has 3 N–H and O–H groups in total. The van der Waals surface area contributed by atoms with Gasteiger partial charge in [-0.05, 0) is 28.7 Å². The number of aromatic amines is 1. The van der Waals surface area contributed by atoms with Gasteiger partial charge in [0, 0.05) is 21.3 Å². The number of carbonyl (C=O) groups excluding carboxylic acids is 1. The fraction of sp³-hybridized carbons (Fsp3) is 0. The Morgan fingerprint density at radius 2 is 2.17 bits per heavy atom. The molecule has 2 aromatic rings. The molecule has 0 saturated heterocycles. The van der Waals surface area contributed by atoms with Gasteiger partial charge in [-0.1, -0.05) is 0 Å². The van der Waals surface area contributed by atoms with E-state index in [9.17, 15) is 14.9 Å². The molecule has 2 rings (SSSR count). The second-order valence-electron chi connectivity index (χ2n) is 3.31. The second kappa shape index (κ2) is 4.68. The Hall–Kier alpha value is -2.04. The van der Waals surface area contributed by atoms with Crippen molar-refractivity contribution in [3.63, 3.8) is 0 Å². The third-order valence-corrected chi connectivity index (χ3v) is 3.09. The summed E-state index contributed by atoms with van der Waals surface area (Å²) in [5.41, 5.74) is 5.96. The second-order valence-corrected chi connectivity index (χ2v) is 4.47. The summed E-state index contributed by atoms with van der Waals surface area (Å²) in [6.07, 6.45) is 0. The number of nitrogens with one attached hydrogen (secondary N) is 1. The zero-order chi connectivity index (χ0) is 13.3. The molecule has 0 atom stereocenters. The van der Waals surface area contributed by atoms with E-state index in [0.29, 0.717) is 9.13 Å². The maximum atomic E-state index is 11.1. The smallest absolute Gasteiger partial charge is 0.271 e. The Bertz CT molecular complexity index is 639. The first kappa shape index (κ1) is 12.4. The van der Waals surface area contributed by atoms with Gasteiger partial charge in [-0.25, -0.2) is 0 Å². The van der Waals surface area contributed by atoms with Gasteiger partial charge >= 0.3 is 0 Å². The number of hydrogen-bond donors (Lipinski definition) is 2. The minimum Gasteiger partial charge on any atom is -0.364 e. The van der Waals surface area contributed by atoms with E-state index in [0.717, 1.165) is 0 Å². The van der Waals surface area contributed by atoms with Crippen molar-refractivity contribution in [2.24, 2.45) is 5.73 Å². The summed E-state index contributed by atoms with van der Waals surface area (Å²) in [6.45, 7) is 0. The monoisotopic (exact) mass is 359 g/mol. The Morgan fingerprint density at radius 1 is 1.44 bits per heavy atom. The molecule has 1 amide bonds. The van der Waals surface area contributed by atoms with Crippen LogP contribution in [0.2, 0.25) is 0 Å². The molecule has 0 aliphatic heterocycles. The summed E-state index contributed by atoms with van der Waals surface area (Å²) in [5.74, 6) is -0.715. The number of nitro groups is 1. The Morgan fingerprint density at radius 3 is 2.72 bits per heavy atom. The largest absolute Gasteiger partial charge is 0.364 e. The van der Waals surface area contributed by atoms with E-state index in [2.05, 4.69) is 15.4 Å². The molecule has 0 bridgehead atoms. The summed E-state index contributed by atoms with van der Waals surface area (Å²) in [7, 11) is 0. The zero-order valence-electron chi connectivity index (χ0n) is 8.75. The maximum Gasteiger partial charge on any atom is 0.271 e. The highest BCUT2D eigenvalue weighted by Gasteiger charge is 2.19. The van der Waals surface area contributed by atoms with Crippen molar-refractivity contribution < 1.29 is 9.72 Å². The average Bonchev–Trinajstić information content (AvgIpc) is 2.77. The van der Waals surface area contributed by atoms with E-state index < -0.39 is 10.8 Å². The van der Waals surface area contributed by atoms with Gasteiger partial charge < -0.3 is 5.73 Å². The standard InChI is InChI=1S/C9H6IN5O3/c10-6-3-4(15(17)18)1-2-5(6)7-8(9(11)16)13-14-12-7/h1-3H,(H2,11,16)(H,12,13,14). The van der Waals surface area contributed by atoms with Crippen molar-refractivity contribution in [2.45, 2.75) is 0 Å². The molecule has 8 nitrogen and oxygen atoms in total. The van der Waals surface area contributed by atoms with Crippen LogP contribution in [0.15, 0.2) is 18.2 Å². The van der Waals surface area contributed by atoms with Crippen molar-refractivity contribution in [3.05, 3.63) is 37.6 Å². The summed E-state index contributed by atoms with van der Waals surface area (Å²) in [6, 6.07) is 4.22. The fourth-order valence-corrected chi connectivity index (χ4v) is 2.15. The molecule has 1 aromatic heterocycles. The minimum atomic E-state index is -0.715. The predicted octanol–water partition coefficient (Wildman–Crippen LogP) is 1.08. The molecule has 0 fully saturated rings. The van der Waals surface area contributed by atoms with Crippen LogP contribution in [0.1, 0.15) is 10.5 Å². The van der Waals surface area contributed by atoms with Crippen LogP contribution in [-0.4, -0.2) is 26.2 Å². The van der Waals surface area contributed by atoms with Crippen LogP contribution in [0.3, 0.4) is 0 Å². The third kappa shape index (κ3) is 2.16. The van der Waals surface area contributed by atoms with Crippen LogP contribution in [0.5, 0.6) is 0 Å². The number of carbonyl (C=O) groups is 1. The lowest BCUT2D eigenvalue weighted by Gasteiger charge is -2.01. The van der Waals surface area contributed by atoms with Crippen LogP contribution in [0.4, 0.5) is 5.69 Å². The van der Waals surface area contributed by atoms with E-state index in [1.807, 2.05) is 22.6 Å². The lowest BCUT2D eigenvalue weighted by atomic mass is 10.1. The van der Waals surface area contributed by atoms with Gasteiger partial charge in [-0.3, -0.25) is 14.9 Å². The van der Waals surface area contributed by atoms with E-state index >= 15 is 0 Å². The van der Waals surface area contributed by atoms with Gasteiger partial charge in [-0.2, -0.15) is 15.4 Å². The summed E-state index contributed by atoms with van der Waals surface area (Å²) < 4.78 is 0.582. The molecule has 92 valence electrons. The Labute approximate surface area is 114 Å². The zero-order valence-corrected chi connectivity index (χ0v) is 10.9. The molecule has 0 radical (unpaired) electrons. The third-order valence-electron chi connectivity index (χ3n) is 2.20. The summed E-state index contributed by atoms with van der Waals surface area (Å²) in [5, 5.41) is 20.4. The number of hydrogen-bond acceptors (Lipinski definition) is 5. The number of nitro benzene ring substituents is 1. The molecule has 1 aromatic carbocycles. The number of halogens is 1. The van der Waals surface area contributed by atoms with Gasteiger partial charge in [-0.15, -0.1) is 0 Å². The molecule has 1 heterocycles. The van der Waals surface area contributed by atoms with Gasteiger partial charge in [0.05, 0.1) is 4.92 Å². The maximum absolute atomic E-state index is 11.1. The van der Waals surface area contributed by atoms with Crippen LogP contribution in [0.25, 0.3) is 11.3 Å². The number of benzene rings is 1. The lowest BCUT2D eigenvalue weighted by Crippen LogP contribution is -2.13. The highest BCUT2D eigenvalue weighted by molar-refractivity contribution is 14.1. The summed E-state index contributed by atoms with van der Waals surface area (Å²) >= 11 is 1.92. The molecular weight excluding hydrogens is 353 g/mol. The van der Waals surface area contributed by atoms with E-state index in [1.54, 1.807) is 0 Å². The van der Waals surface area contributed by atoms with Gasteiger partial charge in [0.25, 0.3) is 11.6 Å². The minimum absolute atomic E-state index is 0.00164.